The van der Waals surface area contributed by atoms with Crippen molar-refractivity contribution in [3.63, 3.8) is 0 Å². The van der Waals surface area contributed by atoms with E-state index in [4.69, 9.17) is 10.5 Å². The van der Waals surface area contributed by atoms with Gasteiger partial charge in [0, 0.05) is 6.61 Å². The highest BCUT2D eigenvalue weighted by atomic mass is 16.5. The predicted octanol–water partition coefficient (Wildman–Crippen LogP) is 1.50. The van der Waals surface area contributed by atoms with Crippen molar-refractivity contribution < 1.29 is 4.74 Å². The van der Waals surface area contributed by atoms with Crippen LogP contribution < -0.4 is 5.73 Å². The van der Waals surface area contributed by atoms with Crippen LogP contribution in [0, 0.1) is 5.92 Å². The first kappa shape index (κ1) is 12.5. The Balaban J connectivity index is 1.93. The number of nitrogens with zero attached hydrogens (tertiary/aromatic N) is 3. The smallest absolute Gasteiger partial charge is 0.0996 e. The summed E-state index contributed by atoms with van der Waals surface area (Å²) >= 11 is 0. The lowest BCUT2D eigenvalue weighted by molar-refractivity contribution is 0.00369. The van der Waals surface area contributed by atoms with Crippen LogP contribution in [0.5, 0.6) is 0 Å². The molecule has 5 heteroatoms. The molecule has 2 heterocycles. The summed E-state index contributed by atoms with van der Waals surface area (Å²) in [6.07, 6.45) is 5.77. The van der Waals surface area contributed by atoms with Crippen LogP contribution in [0.15, 0.2) is 6.20 Å². The molecule has 1 saturated heterocycles. The number of rotatable bonds is 4. The molecule has 2 atom stereocenters. The van der Waals surface area contributed by atoms with Gasteiger partial charge in [-0.15, -0.1) is 5.10 Å². The molecule has 2 N–H and O–H groups in total. The lowest BCUT2D eigenvalue weighted by atomic mass is 10.0. The van der Waals surface area contributed by atoms with E-state index in [0.717, 1.165) is 25.3 Å². The summed E-state index contributed by atoms with van der Waals surface area (Å²) in [6.45, 7) is 5.84. The third kappa shape index (κ3) is 3.26. The van der Waals surface area contributed by atoms with E-state index in [0.29, 0.717) is 5.92 Å². The molecule has 0 amide bonds. The molecule has 17 heavy (non-hydrogen) atoms. The summed E-state index contributed by atoms with van der Waals surface area (Å²) < 4.78 is 7.53. The fourth-order valence-corrected chi connectivity index (χ4v) is 2.06. The molecule has 1 fully saturated rings. The number of hydrogen-bond donors (Lipinski definition) is 1. The van der Waals surface area contributed by atoms with Crippen molar-refractivity contribution in [2.45, 2.75) is 51.8 Å². The zero-order valence-corrected chi connectivity index (χ0v) is 10.7. The van der Waals surface area contributed by atoms with Gasteiger partial charge in [-0.25, -0.2) is 4.68 Å². The van der Waals surface area contributed by atoms with Crippen LogP contribution in [0.4, 0.5) is 0 Å². The molecular weight excluding hydrogens is 216 g/mol. The first-order valence-corrected chi connectivity index (χ1v) is 6.44. The highest BCUT2D eigenvalue weighted by Crippen LogP contribution is 2.17. The van der Waals surface area contributed by atoms with Gasteiger partial charge in [0.05, 0.1) is 30.6 Å². The Hall–Kier alpha value is -0.940. The number of ether oxygens (including phenoxy) is 1. The Morgan fingerprint density at radius 3 is 3.00 bits per heavy atom. The number of aromatic nitrogens is 3. The third-order valence-electron chi connectivity index (χ3n) is 3.28. The Labute approximate surface area is 102 Å². The van der Waals surface area contributed by atoms with Gasteiger partial charge in [0.25, 0.3) is 0 Å². The Morgan fingerprint density at radius 2 is 2.35 bits per heavy atom. The summed E-state index contributed by atoms with van der Waals surface area (Å²) in [5.41, 5.74) is 6.91. The van der Waals surface area contributed by atoms with Crippen LogP contribution in [0.3, 0.4) is 0 Å². The average molecular weight is 238 g/mol. The number of nitrogens with two attached hydrogens (primary N) is 1. The van der Waals surface area contributed by atoms with E-state index in [2.05, 4.69) is 24.2 Å². The Morgan fingerprint density at radius 1 is 1.53 bits per heavy atom. The van der Waals surface area contributed by atoms with Crippen LogP contribution in [0.1, 0.15) is 44.8 Å². The van der Waals surface area contributed by atoms with Crippen molar-refractivity contribution in [2.75, 3.05) is 6.61 Å². The maximum atomic E-state index is 6.04. The van der Waals surface area contributed by atoms with Crippen molar-refractivity contribution in [2.24, 2.45) is 11.7 Å². The van der Waals surface area contributed by atoms with Gasteiger partial charge < -0.3 is 10.5 Å². The van der Waals surface area contributed by atoms with Crippen molar-refractivity contribution in [1.82, 2.24) is 15.0 Å². The van der Waals surface area contributed by atoms with Crippen LogP contribution in [0.2, 0.25) is 0 Å². The molecule has 0 radical (unpaired) electrons. The van der Waals surface area contributed by atoms with Crippen LogP contribution in [0.25, 0.3) is 0 Å². The maximum absolute atomic E-state index is 6.04. The van der Waals surface area contributed by atoms with E-state index in [9.17, 15) is 0 Å². The molecule has 1 aromatic rings. The molecule has 96 valence electrons. The predicted molar refractivity (Wildman–Crippen MR) is 65.4 cm³/mol. The quantitative estimate of drug-likeness (QED) is 0.863. The van der Waals surface area contributed by atoms with Crippen LogP contribution >= 0.6 is 0 Å². The zero-order chi connectivity index (χ0) is 12.3. The SMILES string of the molecule is CC(C)C(N)c1cn(CC2CCCCO2)nn1. The van der Waals surface area contributed by atoms with Gasteiger partial charge in [-0.3, -0.25) is 0 Å². The van der Waals surface area contributed by atoms with Gasteiger partial charge in [0.15, 0.2) is 0 Å². The second-order valence-electron chi connectivity index (χ2n) is 5.12. The van der Waals surface area contributed by atoms with E-state index in [1.807, 2.05) is 10.9 Å². The number of hydrogen-bond acceptors (Lipinski definition) is 4. The minimum absolute atomic E-state index is 0.0315. The fourth-order valence-electron chi connectivity index (χ4n) is 2.06. The molecule has 0 saturated carbocycles. The Kier molecular flexibility index (Phi) is 4.12. The van der Waals surface area contributed by atoms with Crippen LogP contribution in [-0.4, -0.2) is 27.7 Å². The molecule has 2 rings (SSSR count). The largest absolute Gasteiger partial charge is 0.376 e. The second kappa shape index (κ2) is 5.60. The van der Waals surface area contributed by atoms with E-state index in [1.165, 1.54) is 12.8 Å². The highest BCUT2D eigenvalue weighted by molar-refractivity contribution is 5.00. The summed E-state index contributed by atoms with van der Waals surface area (Å²) in [5, 5.41) is 8.26. The summed E-state index contributed by atoms with van der Waals surface area (Å²) in [5.74, 6) is 0.381. The second-order valence-corrected chi connectivity index (χ2v) is 5.12. The highest BCUT2D eigenvalue weighted by Gasteiger charge is 2.18. The molecule has 5 nitrogen and oxygen atoms in total. The first-order valence-electron chi connectivity index (χ1n) is 6.44. The van der Waals surface area contributed by atoms with Gasteiger partial charge in [-0.1, -0.05) is 19.1 Å². The molecule has 0 spiro atoms. The van der Waals surface area contributed by atoms with Gasteiger partial charge >= 0.3 is 0 Å². The van der Waals surface area contributed by atoms with Gasteiger partial charge in [-0.05, 0) is 25.2 Å². The topological polar surface area (TPSA) is 66.0 Å². The maximum Gasteiger partial charge on any atom is 0.0996 e. The van der Waals surface area contributed by atoms with E-state index >= 15 is 0 Å². The zero-order valence-electron chi connectivity index (χ0n) is 10.7. The standard InChI is InChI=1S/C12H22N4O/c1-9(2)12(13)11-8-16(15-14-11)7-10-5-3-4-6-17-10/h8-10,12H,3-7,13H2,1-2H3. The molecular formula is C12H22N4O. The molecule has 2 unspecified atom stereocenters. The van der Waals surface area contributed by atoms with Crippen molar-refractivity contribution in [3.05, 3.63) is 11.9 Å². The van der Waals surface area contributed by atoms with E-state index in [1.54, 1.807) is 0 Å². The van der Waals surface area contributed by atoms with E-state index in [-0.39, 0.29) is 12.1 Å². The van der Waals surface area contributed by atoms with Crippen molar-refractivity contribution >= 4 is 0 Å². The van der Waals surface area contributed by atoms with Gasteiger partial charge in [0.2, 0.25) is 0 Å². The fraction of sp³-hybridized carbons (Fsp3) is 0.833. The summed E-state index contributed by atoms with van der Waals surface area (Å²) in [6, 6.07) is -0.0315. The lowest BCUT2D eigenvalue weighted by Crippen LogP contribution is -2.24. The minimum atomic E-state index is -0.0315. The minimum Gasteiger partial charge on any atom is -0.376 e. The molecule has 1 aliphatic heterocycles. The first-order chi connectivity index (χ1) is 8.16. The lowest BCUT2D eigenvalue weighted by Gasteiger charge is -2.22. The van der Waals surface area contributed by atoms with Crippen LogP contribution in [-0.2, 0) is 11.3 Å². The average Bonchev–Trinajstić information content (AvgIpc) is 2.77. The Bertz CT molecular complexity index is 344. The molecule has 0 aromatic carbocycles. The molecule has 1 aliphatic rings. The summed E-state index contributed by atoms with van der Waals surface area (Å²) in [7, 11) is 0. The van der Waals surface area contributed by atoms with Gasteiger partial charge in [0.1, 0.15) is 0 Å². The third-order valence-corrected chi connectivity index (χ3v) is 3.28. The van der Waals surface area contributed by atoms with Crippen molar-refractivity contribution in [3.8, 4) is 0 Å². The van der Waals surface area contributed by atoms with Gasteiger partial charge in [-0.2, -0.15) is 0 Å². The normalized spacial score (nSPS) is 22.9. The molecule has 1 aromatic heterocycles. The van der Waals surface area contributed by atoms with Crippen molar-refractivity contribution in [1.29, 1.82) is 0 Å². The molecule has 0 aliphatic carbocycles. The summed E-state index contributed by atoms with van der Waals surface area (Å²) in [4.78, 5) is 0. The monoisotopic (exact) mass is 238 g/mol. The molecule has 0 bridgehead atoms. The van der Waals surface area contributed by atoms with E-state index < -0.39 is 0 Å².